The summed E-state index contributed by atoms with van der Waals surface area (Å²) >= 11 is 0. The van der Waals surface area contributed by atoms with Crippen LogP contribution in [-0.2, 0) is 11.3 Å². The lowest BCUT2D eigenvalue weighted by Crippen LogP contribution is -2.35. The highest BCUT2D eigenvalue weighted by atomic mass is 19.1. The van der Waals surface area contributed by atoms with Gasteiger partial charge >= 0.3 is 0 Å². The van der Waals surface area contributed by atoms with E-state index in [9.17, 15) is 23.6 Å². The van der Waals surface area contributed by atoms with E-state index in [1.807, 2.05) is 0 Å². The van der Waals surface area contributed by atoms with Gasteiger partial charge in [0, 0.05) is 37.2 Å². The van der Waals surface area contributed by atoms with Crippen molar-refractivity contribution in [1.29, 1.82) is 0 Å². The Hall–Kier alpha value is -3.23. The van der Waals surface area contributed by atoms with E-state index in [4.69, 9.17) is 0 Å². The summed E-state index contributed by atoms with van der Waals surface area (Å²) in [6.45, 7) is 0.400. The predicted octanol–water partition coefficient (Wildman–Crippen LogP) is -0.388. The van der Waals surface area contributed by atoms with Gasteiger partial charge in [0.25, 0.3) is 17.0 Å². The average Bonchev–Trinajstić information content (AvgIpc) is 2.58. The molecule has 0 atom stereocenters. The number of halogens is 1. The zero-order valence-electron chi connectivity index (χ0n) is 13.3. The second-order valence-corrected chi connectivity index (χ2v) is 5.16. The Morgan fingerprint density at radius 1 is 1.00 bits per heavy atom. The molecule has 2 aromatic rings. The fourth-order valence-electron chi connectivity index (χ4n) is 2.02. The van der Waals surface area contributed by atoms with Gasteiger partial charge in [-0.15, -0.1) is 0 Å². The van der Waals surface area contributed by atoms with Crippen molar-refractivity contribution in [2.75, 3.05) is 13.1 Å². The van der Waals surface area contributed by atoms with E-state index < -0.39 is 17.3 Å². The van der Waals surface area contributed by atoms with Crippen LogP contribution in [0, 0.1) is 5.82 Å². The normalized spacial score (nSPS) is 10.3. The zero-order valence-corrected chi connectivity index (χ0v) is 13.3. The summed E-state index contributed by atoms with van der Waals surface area (Å²) in [4.78, 5) is 46.0. The lowest BCUT2D eigenvalue weighted by atomic mass is 10.2. The minimum atomic E-state index is -0.435. The number of H-pyrrole nitrogens is 1. The van der Waals surface area contributed by atoms with Gasteiger partial charge in [-0.25, -0.2) is 9.07 Å². The number of carbonyl (C=O) groups excluding carboxylic acids is 2. The van der Waals surface area contributed by atoms with Gasteiger partial charge in [0.2, 0.25) is 5.91 Å². The molecule has 1 aromatic carbocycles. The van der Waals surface area contributed by atoms with Crippen molar-refractivity contribution in [2.24, 2.45) is 0 Å². The molecule has 0 saturated heterocycles. The van der Waals surface area contributed by atoms with Gasteiger partial charge in [0.15, 0.2) is 0 Å². The first-order valence-electron chi connectivity index (χ1n) is 7.56. The first-order chi connectivity index (χ1) is 12.0. The smallest absolute Gasteiger partial charge is 0.265 e. The molecule has 0 saturated carbocycles. The molecule has 2 rings (SSSR count). The van der Waals surface area contributed by atoms with Crippen LogP contribution in [0.5, 0.6) is 0 Å². The maximum atomic E-state index is 12.8. The SMILES string of the molecule is O=C(CCNC(=O)c1ccc(F)cc1)NCCn1[nH]c(=O)ccc1=O. The fourth-order valence-corrected chi connectivity index (χ4v) is 2.02. The van der Waals surface area contributed by atoms with E-state index >= 15 is 0 Å². The maximum Gasteiger partial charge on any atom is 0.265 e. The molecule has 0 unspecified atom stereocenters. The minimum absolute atomic E-state index is 0.0488. The molecule has 1 heterocycles. The molecule has 9 heteroatoms. The maximum absolute atomic E-state index is 12.8. The lowest BCUT2D eigenvalue weighted by molar-refractivity contribution is -0.120. The zero-order chi connectivity index (χ0) is 18.2. The molecule has 0 bridgehead atoms. The fraction of sp³-hybridized carbons (Fsp3) is 0.250. The van der Waals surface area contributed by atoms with Gasteiger partial charge in [-0.05, 0) is 24.3 Å². The number of aromatic nitrogens is 2. The summed E-state index contributed by atoms with van der Waals surface area (Å²) in [5, 5.41) is 7.47. The molecule has 0 radical (unpaired) electrons. The molecule has 1 aromatic heterocycles. The molecule has 8 nitrogen and oxygen atoms in total. The van der Waals surface area contributed by atoms with Gasteiger partial charge in [-0.3, -0.25) is 24.3 Å². The van der Waals surface area contributed by atoms with Crippen LogP contribution in [-0.4, -0.2) is 34.7 Å². The van der Waals surface area contributed by atoms with Crippen LogP contribution in [0.3, 0.4) is 0 Å². The van der Waals surface area contributed by atoms with Gasteiger partial charge < -0.3 is 10.6 Å². The lowest BCUT2D eigenvalue weighted by Gasteiger charge is -2.08. The van der Waals surface area contributed by atoms with Gasteiger partial charge in [0.1, 0.15) is 5.82 Å². The molecule has 132 valence electrons. The van der Waals surface area contributed by atoms with E-state index in [0.717, 1.165) is 16.8 Å². The molecule has 0 spiro atoms. The van der Waals surface area contributed by atoms with Gasteiger partial charge in [-0.1, -0.05) is 0 Å². The van der Waals surface area contributed by atoms with Gasteiger partial charge in [-0.2, -0.15) is 0 Å². The van der Waals surface area contributed by atoms with Crippen LogP contribution in [0.25, 0.3) is 0 Å². The highest BCUT2D eigenvalue weighted by Gasteiger charge is 2.07. The number of carbonyl (C=O) groups is 2. The number of hydrogen-bond donors (Lipinski definition) is 3. The largest absolute Gasteiger partial charge is 0.354 e. The number of nitrogens with zero attached hydrogens (tertiary/aromatic N) is 1. The summed E-state index contributed by atoms with van der Waals surface area (Å²) in [5.41, 5.74) is -0.482. The van der Waals surface area contributed by atoms with E-state index in [0.29, 0.717) is 5.56 Å². The van der Waals surface area contributed by atoms with Crippen molar-refractivity contribution in [2.45, 2.75) is 13.0 Å². The summed E-state index contributed by atoms with van der Waals surface area (Å²) in [6, 6.07) is 7.33. The third-order valence-corrected chi connectivity index (χ3v) is 3.29. The Bertz CT molecular complexity index is 857. The van der Waals surface area contributed by atoms with E-state index in [-0.39, 0.29) is 37.5 Å². The van der Waals surface area contributed by atoms with Crippen LogP contribution < -0.4 is 21.8 Å². The van der Waals surface area contributed by atoms with E-state index in [1.54, 1.807) is 0 Å². The Kier molecular flexibility index (Phi) is 6.21. The third kappa shape index (κ3) is 5.72. The molecule has 0 aliphatic rings. The topological polar surface area (TPSA) is 113 Å². The van der Waals surface area contributed by atoms with Crippen molar-refractivity contribution in [3.8, 4) is 0 Å². The Morgan fingerprint density at radius 2 is 1.72 bits per heavy atom. The summed E-state index contributed by atoms with van der Waals surface area (Å²) in [6.07, 6.45) is 0.0488. The van der Waals surface area contributed by atoms with Gasteiger partial charge in [0.05, 0.1) is 6.54 Å². The van der Waals surface area contributed by atoms with Crippen LogP contribution >= 0.6 is 0 Å². The number of nitrogens with one attached hydrogen (secondary N) is 3. The monoisotopic (exact) mass is 348 g/mol. The van der Waals surface area contributed by atoms with E-state index in [2.05, 4.69) is 15.7 Å². The molecule has 25 heavy (non-hydrogen) atoms. The van der Waals surface area contributed by atoms with Crippen LogP contribution in [0.4, 0.5) is 4.39 Å². The van der Waals surface area contributed by atoms with Crippen molar-refractivity contribution in [1.82, 2.24) is 20.4 Å². The Labute approximate surface area is 141 Å². The molecule has 0 aliphatic heterocycles. The van der Waals surface area contributed by atoms with Crippen molar-refractivity contribution in [3.63, 3.8) is 0 Å². The number of aromatic amines is 1. The number of hydrogen-bond acceptors (Lipinski definition) is 4. The summed E-state index contributed by atoms with van der Waals surface area (Å²) < 4.78 is 13.9. The molecule has 2 amide bonds. The highest BCUT2D eigenvalue weighted by Crippen LogP contribution is 2.02. The average molecular weight is 348 g/mol. The second-order valence-electron chi connectivity index (χ2n) is 5.16. The van der Waals surface area contributed by atoms with Crippen LogP contribution in [0.1, 0.15) is 16.8 Å². The first-order valence-corrected chi connectivity index (χ1v) is 7.56. The molecule has 0 aliphatic carbocycles. The quantitative estimate of drug-likeness (QED) is 0.632. The second kappa shape index (κ2) is 8.57. The molecule has 3 N–H and O–H groups in total. The summed E-state index contributed by atoms with van der Waals surface area (Å²) in [7, 11) is 0. The summed E-state index contributed by atoms with van der Waals surface area (Å²) in [5.74, 6) is -1.15. The Morgan fingerprint density at radius 3 is 2.44 bits per heavy atom. The predicted molar refractivity (Wildman–Crippen MR) is 87.7 cm³/mol. The third-order valence-electron chi connectivity index (χ3n) is 3.29. The standard InChI is InChI=1S/C16H17FN4O4/c17-12-3-1-11(2-4-12)16(25)19-8-7-13(22)18-9-10-21-15(24)6-5-14(23)20-21/h1-6H,7-10H2,(H,18,22)(H,19,25)(H,20,23). The molecular weight excluding hydrogens is 331 g/mol. The highest BCUT2D eigenvalue weighted by molar-refractivity contribution is 5.94. The van der Waals surface area contributed by atoms with Crippen LogP contribution in [0.15, 0.2) is 46.0 Å². The number of amides is 2. The number of rotatable bonds is 7. The van der Waals surface area contributed by atoms with Crippen LogP contribution in [0.2, 0.25) is 0 Å². The number of benzene rings is 1. The van der Waals surface area contributed by atoms with Crippen molar-refractivity contribution >= 4 is 11.8 Å². The minimum Gasteiger partial charge on any atom is -0.354 e. The molecular formula is C16H17FN4O4. The van der Waals surface area contributed by atoms with E-state index in [1.165, 1.54) is 24.3 Å². The molecule has 0 fully saturated rings. The first kappa shape index (κ1) is 18.1. The van der Waals surface area contributed by atoms with Crippen molar-refractivity contribution in [3.05, 3.63) is 68.5 Å². The van der Waals surface area contributed by atoms with Crippen molar-refractivity contribution < 1.29 is 14.0 Å². The Balaban J connectivity index is 1.69.